The average molecular weight is 550 g/mol. The van der Waals surface area contributed by atoms with E-state index in [1.54, 1.807) is 11.8 Å². The van der Waals surface area contributed by atoms with Crippen LogP contribution in [-0.4, -0.2) is 46.0 Å². The highest BCUT2D eigenvalue weighted by molar-refractivity contribution is 9.10. The second-order valence-electron chi connectivity index (χ2n) is 5.29. The smallest absolute Gasteiger partial charge is 0.156 e. The minimum atomic E-state index is 0.812. The molecule has 0 atom stereocenters. The van der Waals surface area contributed by atoms with Gasteiger partial charge in [0.25, 0.3) is 0 Å². The van der Waals surface area contributed by atoms with Crippen LogP contribution in [0.4, 0.5) is 0 Å². The molecule has 2 aromatic rings. The summed E-state index contributed by atoms with van der Waals surface area (Å²) in [6.07, 6.45) is 5.73. The average Bonchev–Trinajstić information content (AvgIpc) is 2.68. The molecule has 2 heterocycles. The van der Waals surface area contributed by atoms with Crippen LogP contribution in [0.15, 0.2) is 50.6 Å². The van der Waals surface area contributed by atoms with Gasteiger partial charge in [-0.1, -0.05) is 11.8 Å². The molecule has 1 N–H and O–H groups in total. The quantitative estimate of drug-likeness (QED) is 0.241. The number of halogens is 2. The van der Waals surface area contributed by atoms with Crippen molar-refractivity contribution >= 4 is 72.3 Å². The molecule has 27 heavy (non-hydrogen) atoms. The van der Waals surface area contributed by atoms with Crippen molar-refractivity contribution in [1.82, 2.24) is 15.3 Å². The minimum Gasteiger partial charge on any atom is -0.364 e. The van der Waals surface area contributed by atoms with E-state index in [9.17, 15) is 0 Å². The van der Waals surface area contributed by atoms with E-state index in [2.05, 4.69) is 58.4 Å². The zero-order valence-electron chi connectivity index (χ0n) is 15.0. The lowest BCUT2D eigenvalue weighted by Crippen LogP contribution is -2.23. The number of thioether (sulfide) groups is 3. The van der Waals surface area contributed by atoms with Gasteiger partial charge in [-0.2, -0.15) is 23.5 Å². The van der Waals surface area contributed by atoms with E-state index in [1.165, 1.54) is 0 Å². The van der Waals surface area contributed by atoms with Crippen molar-refractivity contribution in [3.05, 3.63) is 57.0 Å². The van der Waals surface area contributed by atoms with E-state index in [0.717, 1.165) is 61.6 Å². The minimum absolute atomic E-state index is 0.812. The molecule has 0 unspecified atom stereocenters. The van der Waals surface area contributed by atoms with Crippen LogP contribution in [0.3, 0.4) is 0 Å². The van der Waals surface area contributed by atoms with Gasteiger partial charge in [0.15, 0.2) is 5.17 Å². The fourth-order valence-corrected chi connectivity index (χ4v) is 5.25. The second kappa shape index (κ2) is 13.9. The van der Waals surface area contributed by atoms with Gasteiger partial charge in [0.05, 0.1) is 17.9 Å². The Bertz CT molecular complexity index is 731. The van der Waals surface area contributed by atoms with Gasteiger partial charge in [0, 0.05) is 50.9 Å². The predicted molar refractivity (Wildman–Crippen MR) is 130 cm³/mol. The van der Waals surface area contributed by atoms with Gasteiger partial charge in [-0.05, 0) is 62.4 Å². The Morgan fingerprint density at radius 3 is 2.15 bits per heavy atom. The lowest BCUT2D eigenvalue weighted by molar-refractivity contribution is 0.974. The molecule has 0 aliphatic heterocycles. The van der Waals surface area contributed by atoms with Crippen molar-refractivity contribution in [2.45, 2.75) is 11.5 Å². The van der Waals surface area contributed by atoms with Crippen molar-refractivity contribution in [1.29, 1.82) is 0 Å². The van der Waals surface area contributed by atoms with E-state index >= 15 is 0 Å². The molecule has 2 aromatic heterocycles. The molecular formula is C18H22Br2N4S3. The molecule has 0 saturated carbocycles. The first-order chi connectivity index (χ1) is 13.2. The number of aliphatic imine (C=N–C) groups is 1. The van der Waals surface area contributed by atoms with Gasteiger partial charge in [-0.3, -0.25) is 15.0 Å². The molecule has 0 radical (unpaired) electrons. The van der Waals surface area contributed by atoms with Crippen LogP contribution in [0.25, 0.3) is 0 Å². The first-order valence-electron chi connectivity index (χ1n) is 8.37. The summed E-state index contributed by atoms with van der Waals surface area (Å²) >= 11 is 12.5. The maximum absolute atomic E-state index is 4.65. The molecule has 0 aliphatic carbocycles. The van der Waals surface area contributed by atoms with Crippen LogP contribution in [0, 0.1) is 0 Å². The van der Waals surface area contributed by atoms with Crippen LogP contribution in [0.2, 0.25) is 0 Å². The maximum Gasteiger partial charge on any atom is 0.156 e. The molecule has 0 fully saturated rings. The monoisotopic (exact) mass is 548 g/mol. The Hall–Kier alpha value is -0.220. The molecule has 0 amide bonds. The Morgan fingerprint density at radius 2 is 1.59 bits per heavy atom. The normalized spacial score (nSPS) is 11.6. The summed E-state index contributed by atoms with van der Waals surface area (Å²) in [5.74, 6) is 3.81. The number of aromatic nitrogens is 2. The molecule has 9 heteroatoms. The molecule has 0 spiro atoms. The fraction of sp³-hybridized carbons (Fsp3) is 0.389. The Balaban J connectivity index is 1.59. The van der Waals surface area contributed by atoms with Gasteiger partial charge >= 0.3 is 0 Å². The number of nitrogens with zero attached hydrogens (tertiary/aromatic N) is 3. The van der Waals surface area contributed by atoms with Crippen molar-refractivity contribution in [3.8, 4) is 0 Å². The molecule has 2 rings (SSSR count). The van der Waals surface area contributed by atoms with E-state index in [-0.39, 0.29) is 0 Å². The van der Waals surface area contributed by atoms with Crippen LogP contribution in [-0.2, 0) is 11.5 Å². The fourth-order valence-electron chi connectivity index (χ4n) is 2.02. The van der Waals surface area contributed by atoms with Crippen LogP contribution in [0.5, 0.6) is 0 Å². The van der Waals surface area contributed by atoms with Gasteiger partial charge in [0.2, 0.25) is 0 Å². The highest BCUT2D eigenvalue weighted by Crippen LogP contribution is 2.19. The zero-order chi connectivity index (χ0) is 19.3. The largest absolute Gasteiger partial charge is 0.364 e. The summed E-state index contributed by atoms with van der Waals surface area (Å²) in [4.78, 5) is 13.4. The number of nitrogens with one attached hydrogen (secondary N) is 1. The third-order valence-electron chi connectivity index (χ3n) is 3.35. The lowest BCUT2D eigenvalue weighted by atomic mass is 10.4. The molecule has 146 valence electrons. The summed E-state index contributed by atoms with van der Waals surface area (Å²) in [5.41, 5.74) is 2.18. The molecule has 0 saturated heterocycles. The highest BCUT2D eigenvalue weighted by atomic mass is 79.9. The number of hydrogen-bond donors (Lipinski definition) is 1. The van der Waals surface area contributed by atoms with Gasteiger partial charge < -0.3 is 5.32 Å². The van der Waals surface area contributed by atoms with Gasteiger partial charge in [-0.15, -0.1) is 0 Å². The topological polar surface area (TPSA) is 50.2 Å². The number of rotatable bonds is 10. The zero-order valence-corrected chi connectivity index (χ0v) is 20.7. The standard InChI is InChI=1S/C18H22Br2N4S3/c1-25-18(23-8-10-26-12-16-14(19)4-2-6-21-16)24-9-11-27-13-17-15(20)5-3-7-22-17/h2-7H,8-13H2,1H3,(H,23,24). The third-order valence-corrected chi connectivity index (χ3v) is 7.38. The van der Waals surface area contributed by atoms with Crippen molar-refractivity contribution < 1.29 is 0 Å². The first-order valence-corrected chi connectivity index (χ1v) is 13.5. The van der Waals surface area contributed by atoms with Crippen LogP contribution in [0.1, 0.15) is 11.4 Å². The summed E-state index contributed by atoms with van der Waals surface area (Å²) < 4.78 is 2.15. The lowest BCUT2D eigenvalue weighted by Gasteiger charge is -2.08. The van der Waals surface area contributed by atoms with E-state index in [0.29, 0.717) is 0 Å². The van der Waals surface area contributed by atoms with E-state index in [4.69, 9.17) is 0 Å². The number of amidine groups is 1. The van der Waals surface area contributed by atoms with Crippen LogP contribution >= 0.6 is 67.1 Å². The second-order valence-corrected chi connectivity index (χ2v) is 10.0. The molecule has 0 aliphatic rings. The maximum atomic E-state index is 4.65. The van der Waals surface area contributed by atoms with Gasteiger partial charge in [-0.25, -0.2) is 0 Å². The molecular weight excluding hydrogens is 528 g/mol. The van der Waals surface area contributed by atoms with E-state index < -0.39 is 0 Å². The number of pyridine rings is 2. The van der Waals surface area contributed by atoms with Crippen molar-refractivity contribution in [2.75, 3.05) is 30.9 Å². The Labute approximate surface area is 190 Å². The summed E-state index contributed by atoms with van der Waals surface area (Å²) in [6, 6.07) is 7.94. The van der Waals surface area contributed by atoms with Crippen molar-refractivity contribution in [3.63, 3.8) is 0 Å². The predicted octanol–water partition coefficient (Wildman–Crippen LogP) is 5.48. The van der Waals surface area contributed by atoms with E-state index in [1.807, 2.05) is 60.2 Å². The summed E-state index contributed by atoms with van der Waals surface area (Å²) in [5, 5.41) is 4.43. The number of hydrogen-bond acceptors (Lipinski definition) is 6. The Kier molecular flexibility index (Phi) is 11.8. The first kappa shape index (κ1) is 23.1. The molecule has 0 bridgehead atoms. The summed E-state index contributed by atoms with van der Waals surface area (Å²) in [7, 11) is 0. The van der Waals surface area contributed by atoms with Gasteiger partial charge in [0.1, 0.15) is 0 Å². The SMILES string of the molecule is CSC(=NCCSCc1ncccc1Br)NCCSCc1ncccc1Br. The molecule has 0 aromatic carbocycles. The summed E-state index contributed by atoms with van der Waals surface area (Å²) in [6.45, 7) is 1.72. The Morgan fingerprint density at radius 1 is 1.00 bits per heavy atom. The van der Waals surface area contributed by atoms with Crippen LogP contribution < -0.4 is 5.32 Å². The van der Waals surface area contributed by atoms with Crippen molar-refractivity contribution in [2.24, 2.45) is 4.99 Å². The third kappa shape index (κ3) is 9.21. The highest BCUT2D eigenvalue weighted by Gasteiger charge is 2.02. The molecule has 4 nitrogen and oxygen atoms in total.